The number of aromatic nitrogens is 2. The van der Waals surface area contributed by atoms with Crippen molar-refractivity contribution in [3.05, 3.63) is 16.3 Å². The average molecular weight is 298 g/mol. The predicted octanol–water partition coefficient (Wildman–Crippen LogP) is 2.41. The van der Waals surface area contributed by atoms with Gasteiger partial charge in [-0.3, -0.25) is 0 Å². The Balaban J connectivity index is 0.000000170. The number of hydrogen-bond acceptors (Lipinski definition) is 5. The maximum absolute atomic E-state index is 8.73. The van der Waals surface area contributed by atoms with E-state index >= 15 is 0 Å². The third kappa shape index (κ3) is 2.75. The van der Waals surface area contributed by atoms with Crippen LogP contribution >= 0.6 is 11.6 Å². The molecule has 1 aromatic heterocycles. The van der Waals surface area contributed by atoms with Gasteiger partial charge in [-0.25, -0.2) is 0 Å². The fourth-order valence-electron chi connectivity index (χ4n) is 3.23. The van der Waals surface area contributed by atoms with Gasteiger partial charge in [0, 0.05) is 17.5 Å². The van der Waals surface area contributed by atoms with Crippen LogP contribution in [0, 0.1) is 0 Å². The van der Waals surface area contributed by atoms with E-state index in [9.17, 15) is 0 Å². The number of hydrogen-bond donors (Lipinski definition) is 2. The third-order valence-corrected chi connectivity index (χ3v) is 4.59. The summed E-state index contributed by atoms with van der Waals surface area (Å²) in [5.74, 6) is 0.467. The summed E-state index contributed by atoms with van der Waals surface area (Å²) in [4.78, 5) is 0. The molecule has 3 N–H and O–H groups in total. The van der Waals surface area contributed by atoms with Gasteiger partial charge in [0.15, 0.2) is 11.0 Å². The SMILES string of the molecule is Nc1nnc(Cl)c2c1[C@H]1CCC(C2)O1.OC1CCCC1. The molecule has 5 nitrogen and oxygen atoms in total. The second kappa shape index (κ2) is 5.84. The van der Waals surface area contributed by atoms with Gasteiger partial charge < -0.3 is 15.6 Å². The smallest absolute Gasteiger partial charge is 0.155 e. The lowest BCUT2D eigenvalue weighted by molar-refractivity contribution is 0.0325. The number of aliphatic hydroxyl groups is 1. The molecule has 2 atom stereocenters. The van der Waals surface area contributed by atoms with Crippen molar-refractivity contribution in [3.8, 4) is 0 Å². The number of aliphatic hydroxyl groups excluding tert-OH is 1. The molecule has 0 aromatic carbocycles. The first-order chi connectivity index (χ1) is 9.65. The summed E-state index contributed by atoms with van der Waals surface area (Å²) in [5, 5.41) is 16.9. The van der Waals surface area contributed by atoms with Crippen LogP contribution in [0.25, 0.3) is 0 Å². The zero-order chi connectivity index (χ0) is 14.1. The molecule has 3 aliphatic rings. The van der Waals surface area contributed by atoms with Crippen molar-refractivity contribution >= 4 is 17.4 Å². The van der Waals surface area contributed by atoms with Crippen molar-refractivity contribution in [2.75, 3.05) is 5.73 Å². The summed E-state index contributed by atoms with van der Waals surface area (Å²) in [6.07, 6.45) is 7.92. The van der Waals surface area contributed by atoms with E-state index < -0.39 is 0 Å². The summed E-state index contributed by atoms with van der Waals surface area (Å²) in [6.45, 7) is 0. The maximum Gasteiger partial charge on any atom is 0.155 e. The van der Waals surface area contributed by atoms with Crippen LogP contribution < -0.4 is 5.73 Å². The largest absolute Gasteiger partial charge is 0.393 e. The lowest BCUT2D eigenvalue weighted by Gasteiger charge is -2.24. The highest BCUT2D eigenvalue weighted by molar-refractivity contribution is 6.30. The number of ether oxygens (including phenoxy) is 1. The van der Waals surface area contributed by atoms with Gasteiger partial charge in [0.05, 0.1) is 18.3 Å². The quantitative estimate of drug-likeness (QED) is 0.768. The van der Waals surface area contributed by atoms with Crippen LogP contribution in [0.4, 0.5) is 5.82 Å². The molecule has 0 spiro atoms. The molecular weight excluding hydrogens is 278 g/mol. The molecule has 2 aliphatic heterocycles. The first-order valence-electron chi connectivity index (χ1n) is 7.29. The van der Waals surface area contributed by atoms with E-state index in [1.807, 2.05) is 0 Å². The average Bonchev–Trinajstić information content (AvgIpc) is 3.05. The van der Waals surface area contributed by atoms with E-state index in [0.717, 1.165) is 43.2 Å². The van der Waals surface area contributed by atoms with Crippen molar-refractivity contribution in [1.82, 2.24) is 10.2 Å². The molecule has 3 heterocycles. The Kier molecular flexibility index (Phi) is 4.10. The van der Waals surface area contributed by atoms with Gasteiger partial charge in [-0.05, 0) is 25.7 Å². The summed E-state index contributed by atoms with van der Waals surface area (Å²) in [6, 6.07) is 0. The Bertz CT molecular complexity index is 492. The van der Waals surface area contributed by atoms with Crippen LogP contribution in [0.5, 0.6) is 0 Å². The lowest BCUT2D eigenvalue weighted by Crippen LogP contribution is -2.20. The molecule has 110 valence electrons. The fourth-order valence-corrected chi connectivity index (χ4v) is 3.45. The van der Waals surface area contributed by atoms with Crippen LogP contribution in [0.3, 0.4) is 0 Å². The Labute approximate surface area is 123 Å². The molecule has 1 unspecified atom stereocenters. The molecule has 2 bridgehead atoms. The molecule has 0 radical (unpaired) electrons. The van der Waals surface area contributed by atoms with E-state index in [1.165, 1.54) is 12.8 Å². The molecular formula is C14H20ClN3O2. The van der Waals surface area contributed by atoms with Gasteiger partial charge >= 0.3 is 0 Å². The number of rotatable bonds is 0. The fraction of sp³-hybridized carbons (Fsp3) is 0.714. The Morgan fingerprint density at radius 2 is 1.90 bits per heavy atom. The molecule has 1 saturated heterocycles. The van der Waals surface area contributed by atoms with E-state index in [0.29, 0.717) is 17.1 Å². The number of nitrogens with two attached hydrogens (primary N) is 1. The van der Waals surface area contributed by atoms with Crippen LogP contribution in [0.1, 0.15) is 55.8 Å². The Morgan fingerprint density at radius 3 is 2.55 bits per heavy atom. The van der Waals surface area contributed by atoms with Crippen molar-refractivity contribution in [2.45, 2.75) is 63.3 Å². The van der Waals surface area contributed by atoms with E-state index in [2.05, 4.69) is 10.2 Å². The maximum atomic E-state index is 8.73. The molecule has 2 fully saturated rings. The second-order valence-corrected chi connectivity index (χ2v) is 6.09. The van der Waals surface area contributed by atoms with Gasteiger partial charge in [-0.2, -0.15) is 0 Å². The zero-order valence-electron chi connectivity index (χ0n) is 11.4. The van der Waals surface area contributed by atoms with Gasteiger partial charge in [0.1, 0.15) is 0 Å². The lowest BCUT2D eigenvalue weighted by atomic mass is 10.0. The molecule has 20 heavy (non-hydrogen) atoms. The number of halogens is 1. The monoisotopic (exact) mass is 297 g/mol. The molecule has 6 heteroatoms. The topological polar surface area (TPSA) is 81.3 Å². The molecule has 1 aliphatic carbocycles. The van der Waals surface area contributed by atoms with Crippen LogP contribution in [-0.2, 0) is 11.2 Å². The Morgan fingerprint density at radius 1 is 1.15 bits per heavy atom. The predicted molar refractivity (Wildman–Crippen MR) is 76.5 cm³/mol. The number of nitrogen functional groups attached to an aromatic ring is 1. The minimum Gasteiger partial charge on any atom is -0.393 e. The molecule has 1 saturated carbocycles. The molecule has 1 aromatic rings. The number of fused-ring (bicyclic) bond motifs is 4. The van der Waals surface area contributed by atoms with Crippen molar-refractivity contribution < 1.29 is 9.84 Å². The summed E-state index contributed by atoms with van der Waals surface area (Å²) in [7, 11) is 0. The minimum atomic E-state index is 0.0463. The van der Waals surface area contributed by atoms with Crippen molar-refractivity contribution in [3.63, 3.8) is 0 Å². The summed E-state index contributed by atoms with van der Waals surface area (Å²) >= 11 is 5.99. The van der Waals surface area contributed by atoms with E-state index in [-0.39, 0.29) is 12.2 Å². The van der Waals surface area contributed by atoms with E-state index in [1.54, 1.807) is 0 Å². The highest BCUT2D eigenvalue weighted by atomic mass is 35.5. The number of anilines is 1. The molecule has 4 rings (SSSR count). The summed E-state index contributed by atoms with van der Waals surface area (Å²) < 4.78 is 5.75. The van der Waals surface area contributed by atoms with Gasteiger partial charge in [0.25, 0.3) is 0 Å². The standard InChI is InChI=1S/C9H10ClN3O.C5H10O/c10-8-5-3-4-1-2-6(14-4)7(5)9(11)13-12-8;6-5-3-1-2-4-5/h4,6H,1-3H2,(H2,11,13);5-6H,1-4H2/t4?,6-;/m1./s1. The van der Waals surface area contributed by atoms with E-state index in [4.69, 9.17) is 27.2 Å². The second-order valence-electron chi connectivity index (χ2n) is 5.73. The van der Waals surface area contributed by atoms with Gasteiger partial charge in [-0.1, -0.05) is 24.4 Å². The van der Waals surface area contributed by atoms with Gasteiger partial charge in [-0.15, -0.1) is 10.2 Å². The first-order valence-corrected chi connectivity index (χ1v) is 7.67. The van der Waals surface area contributed by atoms with Crippen LogP contribution in [-0.4, -0.2) is 27.5 Å². The minimum absolute atomic E-state index is 0.0463. The summed E-state index contributed by atoms with van der Waals surface area (Å²) in [5.41, 5.74) is 7.79. The van der Waals surface area contributed by atoms with Crippen molar-refractivity contribution in [2.24, 2.45) is 0 Å². The zero-order valence-corrected chi connectivity index (χ0v) is 12.1. The third-order valence-electron chi connectivity index (χ3n) is 4.28. The van der Waals surface area contributed by atoms with Crippen LogP contribution in [0.15, 0.2) is 0 Å². The highest BCUT2D eigenvalue weighted by Crippen LogP contribution is 2.44. The molecule has 0 amide bonds. The first kappa shape index (κ1) is 14.0. The normalized spacial score (nSPS) is 27.9. The van der Waals surface area contributed by atoms with Crippen molar-refractivity contribution in [1.29, 1.82) is 0 Å². The van der Waals surface area contributed by atoms with Gasteiger partial charge in [0.2, 0.25) is 0 Å². The van der Waals surface area contributed by atoms with Crippen LogP contribution in [0.2, 0.25) is 5.15 Å². The number of nitrogens with zero attached hydrogens (tertiary/aromatic N) is 2. The Hall–Kier alpha value is -0.910. The highest BCUT2D eigenvalue weighted by Gasteiger charge is 2.37.